The monoisotopic (exact) mass is 172 g/mol. The second kappa shape index (κ2) is 2.54. The summed E-state index contributed by atoms with van der Waals surface area (Å²) in [6, 6.07) is 0. The van der Waals surface area contributed by atoms with Gasteiger partial charge in [-0.15, -0.1) is 0 Å². The van der Waals surface area contributed by atoms with Gasteiger partial charge in [0.2, 0.25) is 0 Å². The minimum atomic E-state index is -1.55. The SMILES string of the molecule is CC1(C)CC[C@@H](O)[C@](C)(O)C1=O. The van der Waals surface area contributed by atoms with Crippen molar-refractivity contribution in [1.82, 2.24) is 0 Å². The summed E-state index contributed by atoms with van der Waals surface area (Å²) in [4.78, 5) is 11.6. The van der Waals surface area contributed by atoms with Crippen molar-refractivity contribution in [2.24, 2.45) is 5.41 Å². The summed E-state index contributed by atoms with van der Waals surface area (Å²) in [6.07, 6.45) is 0.229. The van der Waals surface area contributed by atoms with Gasteiger partial charge in [0.25, 0.3) is 0 Å². The second-order valence-corrected chi connectivity index (χ2v) is 4.42. The molecule has 70 valence electrons. The van der Waals surface area contributed by atoms with Crippen LogP contribution in [0, 0.1) is 5.41 Å². The number of ketones is 1. The molecule has 0 aliphatic heterocycles. The van der Waals surface area contributed by atoms with Crippen molar-refractivity contribution >= 4 is 5.78 Å². The molecule has 0 unspecified atom stereocenters. The minimum absolute atomic E-state index is 0.256. The number of carbonyl (C=O) groups excluding carboxylic acids is 1. The molecule has 1 saturated carbocycles. The first kappa shape index (κ1) is 9.68. The maximum absolute atomic E-state index is 11.6. The van der Waals surface area contributed by atoms with Crippen LogP contribution in [0.25, 0.3) is 0 Å². The maximum atomic E-state index is 11.6. The van der Waals surface area contributed by atoms with Gasteiger partial charge in [-0.1, -0.05) is 13.8 Å². The maximum Gasteiger partial charge on any atom is 0.172 e. The van der Waals surface area contributed by atoms with Crippen LogP contribution in [0.3, 0.4) is 0 Å². The Morgan fingerprint density at radius 2 is 1.92 bits per heavy atom. The van der Waals surface area contributed by atoms with Crippen LogP contribution in [0.4, 0.5) is 0 Å². The van der Waals surface area contributed by atoms with Crippen molar-refractivity contribution in [2.45, 2.75) is 45.3 Å². The normalized spacial score (nSPS) is 41.4. The molecule has 12 heavy (non-hydrogen) atoms. The molecule has 0 amide bonds. The van der Waals surface area contributed by atoms with E-state index >= 15 is 0 Å². The fourth-order valence-electron chi connectivity index (χ4n) is 1.73. The van der Waals surface area contributed by atoms with Crippen molar-refractivity contribution in [3.8, 4) is 0 Å². The average molecular weight is 172 g/mol. The number of Topliss-reactive ketones (excluding diaryl/α,β-unsaturated/α-hetero) is 1. The summed E-state index contributed by atoms with van der Waals surface area (Å²) in [5, 5.41) is 19.0. The van der Waals surface area contributed by atoms with Crippen molar-refractivity contribution < 1.29 is 15.0 Å². The Morgan fingerprint density at radius 3 is 2.33 bits per heavy atom. The smallest absolute Gasteiger partial charge is 0.172 e. The Kier molecular flexibility index (Phi) is 2.05. The van der Waals surface area contributed by atoms with Gasteiger partial charge in [0.15, 0.2) is 5.78 Å². The summed E-state index contributed by atoms with van der Waals surface area (Å²) >= 11 is 0. The van der Waals surface area contributed by atoms with E-state index in [1.807, 2.05) is 0 Å². The Balaban J connectivity index is 2.94. The van der Waals surface area contributed by atoms with Gasteiger partial charge in [0, 0.05) is 5.41 Å². The quantitative estimate of drug-likeness (QED) is 0.559. The molecule has 0 aromatic carbocycles. The van der Waals surface area contributed by atoms with E-state index in [1.54, 1.807) is 13.8 Å². The number of aliphatic hydroxyl groups is 2. The molecule has 1 rings (SSSR count). The van der Waals surface area contributed by atoms with Crippen LogP contribution in [0.2, 0.25) is 0 Å². The third-order valence-electron chi connectivity index (χ3n) is 2.77. The summed E-state index contributed by atoms with van der Waals surface area (Å²) in [7, 11) is 0. The highest BCUT2D eigenvalue weighted by molar-refractivity contribution is 5.92. The highest BCUT2D eigenvalue weighted by Crippen LogP contribution is 2.37. The molecule has 0 aromatic heterocycles. The van der Waals surface area contributed by atoms with E-state index in [0.29, 0.717) is 12.8 Å². The highest BCUT2D eigenvalue weighted by atomic mass is 16.3. The zero-order valence-electron chi connectivity index (χ0n) is 7.79. The molecule has 0 radical (unpaired) electrons. The molecule has 0 heterocycles. The Labute approximate surface area is 72.4 Å². The molecule has 1 aliphatic rings. The molecule has 2 N–H and O–H groups in total. The Morgan fingerprint density at radius 1 is 1.42 bits per heavy atom. The third-order valence-corrected chi connectivity index (χ3v) is 2.77. The van der Waals surface area contributed by atoms with E-state index in [0.717, 1.165) is 0 Å². The molecular weight excluding hydrogens is 156 g/mol. The zero-order chi connectivity index (χ0) is 9.57. The van der Waals surface area contributed by atoms with E-state index in [9.17, 15) is 15.0 Å². The van der Waals surface area contributed by atoms with Crippen molar-refractivity contribution in [3.05, 3.63) is 0 Å². The Bertz CT molecular complexity index is 206. The number of hydrogen-bond acceptors (Lipinski definition) is 3. The number of rotatable bonds is 0. The van der Waals surface area contributed by atoms with Crippen LogP contribution in [0.5, 0.6) is 0 Å². The lowest BCUT2D eigenvalue weighted by Gasteiger charge is -2.40. The van der Waals surface area contributed by atoms with E-state index < -0.39 is 17.1 Å². The van der Waals surface area contributed by atoms with Gasteiger partial charge < -0.3 is 10.2 Å². The predicted molar refractivity (Wildman–Crippen MR) is 44.7 cm³/mol. The van der Waals surface area contributed by atoms with Gasteiger partial charge in [-0.25, -0.2) is 0 Å². The molecule has 3 nitrogen and oxygen atoms in total. The van der Waals surface area contributed by atoms with Crippen molar-refractivity contribution in [3.63, 3.8) is 0 Å². The number of carbonyl (C=O) groups is 1. The molecule has 3 heteroatoms. The molecule has 2 atom stereocenters. The van der Waals surface area contributed by atoms with Gasteiger partial charge in [0.05, 0.1) is 6.10 Å². The average Bonchev–Trinajstić information content (AvgIpc) is 1.96. The molecule has 0 saturated heterocycles. The Hall–Kier alpha value is -0.410. The summed E-state index contributed by atoms with van der Waals surface area (Å²) in [5.74, 6) is -0.256. The fraction of sp³-hybridized carbons (Fsp3) is 0.889. The van der Waals surface area contributed by atoms with Gasteiger partial charge >= 0.3 is 0 Å². The summed E-state index contributed by atoms with van der Waals surface area (Å²) in [5.41, 5.74) is -2.05. The minimum Gasteiger partial charge on any atom is -0.390 e. The second-order valence-electron chi connectivity index (χ2n) is 4.42. The van der Waals surface area contributed by atoms with Crippen LogP contribution < -0.4 is 0 Å². The first-order chi connectivity index (χ1) is 5.28. The molecule has 0 spiro atoms. The molecular formula is C9H16O3. The van der Waals surface area contributed by atoms with E-state index in [4.69, 9.17) is 0 Å². The standard InChI is InChI=1S/C9H16O3/c1-8(2)5-4-6(10)9(3,12)7(8)11/h6,10,12H,4-5H2,1-3H3/t6-,9+/m1/s1. The topological polar surface area (TPSA) is 57.5 Å². The largest absolute Gasteiger partial charge is 0.390 e. The van der Waals surface area contributed by atoms with Gasteiger partial charge in [0.1, 0.15) is 5.60 Å². The number of hydrogen-bond donors (Lipinski definition) is 2. The zero-order valence-corrected chi connectivity index (χ0v) is 7.79. The van der Waals surface area contributed by atoms with Crippen LogP contribution >= 0.6 is 0 Å². The number of aliphatic hydroxyl groups excluding tert-OH is 1. The lowest BCUT2D eigenvalue weighted by atomic mass is 9.68. The van der Waals surface area contributed by atoms with Gasteiger partial charge in [-0.05, 0) is 19.8 Å². The van der Waals surface area contributed by atoms with Crippen LogP contribution in [0.1, 0.15) is 33.6 Å². The van der Waals surface area contributed by atoms with E-state index in [-0.39, 0.29) is 5.78 Å². The van der Waals surface area contributed by atoms with Gasteiger partial charge in [-0.3, -0.25) is 4.79 Å². The highest BCUT2D eigenvalue weighted by Gasteiger charge is 2.49. The fourth-order valence-corrected chi connectivity index (χ4v) is 1.73. The summed E-state index contributed by atoms with van der Waals surface area (Å²) < 4.78 is 0. The molecule has 1 aliphatic carbocycles. The van der Waals surface area contributed by atoms with Gasteiger partial charge in [-0.2, -0.15) is 0 Å². The molecule has 1 fully saturated rings. The van der Waals surface area contributed by atoms with Crippen molar-refractivity contribution in [2.75, 3.05) is 0 Å². The molecule has 0 aromatic rings. The summed E-state index contributed by atoms with van der Waals surface area (Å²) in [6.45, 7) is 4.99. The third kappa shape index (κ3) is 1.27. The van der Waals surface area contributed by atoms with Crippen LogP contribution in [-0.2, 0) is 4.79 Å². The first-order valence-electron chi connectivity index (χ1n) is 4.24. The first-order valence-corrected chi connectivity index (χ1v) is 4.24. The predicted octanol–water partition coefficient (Wildman–Crippen LogP) is 0.487. The van der Waals surface area contributed by atoms with Crippen LogP contribution in [-0.4, -0.2) is 27.7 Å². The lowest BCUT2D eigenvalue weighted by molar-refractivity contribution is -0.165. The van der Waals surface area contributed by atoms with Crippen molar-refractivity contribution in [1.29, 1.82) is 0 Å². The lowest BCUT2D eigenvalue weighted by Crippen LogP contribution is -2.56. The van der Waals surface area contributed by atoms with Crippen LogP contribution in [0.15, 0.2) is 0 Å². The molecule has 0 bridgehead atoms. The van der Waals surface area contributed by atoms with E-state index in [1.165, 1.54) is 6.92 Å². The van der Waals surface area contributed by atoms with E-state index in [2.05, 4.69) is 0 Å².